The summed E-state index contributed by atoms with van der Waals surface area (Å²) in [5, 5.41) is 6.51. The fraction of sp³-hybridized carbons (Fsp3) is 0.321. The molecule has 39 heavy (non-hydrogen) atoms. The predicted molar refractivity (Wildman–Crippen MR) is 152 cm³/mol. The molecule has 0 bridgehead atoms. The maximum absolute atomic E-state index is 13.3. The van der Waals surface area contributed by atoms with Gasteiger partial charge in [-0.2, -0.15) is 0 Å². The molecule has 2 aliphatic heterocycles. The Kier molecular flexibility index (Phi) is 9.50. The molecule has 0 aromatic heterocycles. The van der Waals surface area contributed by atoms with E-state index >= 15 is 0 Å². The van der Waals surface area contributed by atoms with Gasteiger partial charge in [0.2, 0.25) is 0 Å². The summed E-state index contributed by atoms with van der Waals surface area (Å²) in [5.41, 5.74) is 2.19. The van der Waals surface area contributed by atoms with Gasteiger partial charge in [-0.15, -0.1) is 6.58 Å². The largest absolute Gasteiger partial charge is 0.463 e. The Bertz CT molecular complexity index is 1260. The molecule has 1 atom stereocenters. The second kappa shape index (κ2) is 13.0. The van der Waals surface area contributed by atoms with Crippen LogP contribution in [0.25, 0.3) is 0 Å². The fourth-order valence-corrected chi connectivity index (χ4v) is 4.94. The second-order valence-electron chi connectivity index (χ2n) is 9.10. The van der Waals surface area contributed by atoms with Crippen LogP contribution in [0.1, 0.15) is 18.5 Å². The van der Waals surface area contributed by atoms with Crippen molar-refractivity contribution in [2.45, 2.75) is 13.0 Å². The minimum absolute atomic E-state index is 0.169. The van der Waals surface area contributed by atoms with Crippen molar-refractivity contribution in [1.82, 2.24) is 20.0 Å². The first-order chi connectivity index (χ1) is 18.8. The number of rotatable bonds is 8. The molecule has 2 N–H and O–H groups in total. The van der Waals surface area contributed by atoms with Gasteiger partial charge in [0.1, 0.15) is 0 Å². The molecule has 206 valence electrons. The van der Waals surface area contributed by atoms with Crippen LogP contribution in [0.2, 0.25) is 10.0 Å². The van der Waals surface area contributed by atoms with E-state index < -0.39 is 12.0 Å². The zero-order chi connectivity index (χ0) is 27.9. The van der Waals surface area contributed by atoms with Crippen LogP contribution < -0.4 is 10.6 Å². The van der Waals surface area contributed by atoms with Crippen LogP contribution in [0, 0.1) is 0 Å². The maximum Gasteiger partial charge on any atom is 0.338 e. The summed E-state index contributed by atoms with van der Waals surface area (Å²) in [6.07, 6.45) is 1.60. The number of urea groups is 2. The lowest BCUT2D eigenvalue weighted by molar-refractivity contribution is -0.139. The van der Waals surface area contributed by atoms with Gasteiger partial charge in [0.05, 0.1) is 28.3 Å². The Balaban J connectivity index is 1.59. The summed E-state index contributed by atoms with van der Waals surface area (Å²) in [4.78, 5) is 44.7. The Hall–Kier alpha value is -3.53. The summed E-state index contributed by atoms with van der Waals surface area (Å²) in [5.74, 6) is -0.529. The lowest BCUT2D eigenvalue weighted by Gasteiger charge is -2.40. The van der Waals surface area contributed by atoms with Crippen molar-refractivity contribution in [2.24, 2.45) is 0 Å². The average molecular weight is 572 g/mol. The summed E-state index contributed by atoms with van der Waals surface area (Å²) in [7, 11) is 0. The average Bonchev–Trinajstić information content (AvgIpc) is 2.93. The predicted octanol–water partition coefficient (Wildman–Crippen LogP) is 4.91. The Morgan fingerprint density at radius 3 is 2.46 bits per heavy atom. The molecule has 2 aromatic rings. The van der Waals surface area contributed by atoms with E-state index in [2.05, 4.69) is 22.1 Å². The van der Waals surface area contributed by atoms with Crippen LogP contribution in [-0.4, -0.2) is 78.6 Å². The standard InChI is InChI=1S/C28H31Cl2N5O4/c1-3-12-35-23(18-33-13-15-34(16-14-33)27(37)31-20-8-6-5-7-9-20)24(26(36)39-4-2)25(32-28(35)38)19-10-11-21(29)22(30)17-19/h3,5-11,17,25H,1,4,12-16,18H2,2H3,(H,31,37)(H,32,38). The first-order valence-corrected chi connectivity index (χ1v) is 13.4. The zero-order valence-electron chi connectivity index (χ0n) is 21.7. The molecule has 0 saturated carbocycles. The molecule has 0 aliphatic carbocycles. The van der Waals surface area contributed by atoms with E-state index in [0.717, 1.165) is 5.69 Å². The van der Waals surface area contributed by atoms with Crippen LogP contribution in [0.5, 0.6) is 0 Å². The van der Waals surface area contributed by atoms with Crippen molar-refractivity contribution < 1.29 is 19.1 Å². The van der Waals surface area contributed by atoms with Crippen LogP contribution in [0.4, 0.5) is 15.3 Å². The number of halogens is 2. The smallest absolute Gasteiger partial charge is 0.338 e. The van der Waals surface area contributed by atoms with Gasteiger partial charge >= 0.3 is 18.0 Å². The molecule has 2 aliphatic rings. The molecule has 9 nitrogen and oxygen atoms in total. The van der Waals surface area contributed by atoms with Crippen LogP contribution >= 0.6 is 23.2 Å². The van der Waals surface area contributed by atoms with Crippen molar-refractivity contribution >= 4 is 46.9 Å². The van der Waals surface area contributed by atoms with Crippen molar-refractivity contribution in [3.8, 4) is 0 Å². The number of amides is 4. The van der Waals surface area contributed by atoms with E-state index in [9.17, 15) is 14.4 Å². The third-order valence-corrected chi connectivity index (χ3v) is 7.32. The third kappa shape index (κ3) is 6.73. The first kappa shape index (κ1) is 28.5. The van der Waals surface area contributed by atoms with Crippen LogP contribution in [-0.2, 0) is 9.53 Å². The molecular weight excluding hydrogens is 541 g/mol. The highest BCUT2D eigenvalue weighted by Gasteiger charge is 2.39. The number of benzene rings is 2. The minimum Gasteiger partial charge on any atom is -0.463 e. The first-order valence-electron chi connectivity index (χ1n) is 12.7. The Morgan fingerprint density at radius 1 is 1.10 bits per heavy atom. The summed E-state index contributed by atoms with van der Waals surface area (Å²) in [6.45, 7) is 8.30. The van der Waals surface area contributed by atoms with Gasteiger partial charge in [0, 0.05) is 50.7 Å². The van der Waals surface area contributed by atoms with E-state index in [-0.39, 0.29) is 25.2 Å². The molecule has 0 spiro atoms. The van der Waals surface area contributed by atoms with Crippen molar-refractivity contribution in [3.63, 3.8) is 0 Å². The molecule has 4 amide bonds. The van der Waals surface area contributed by atoms with Gasteiger partial charge in [-0.05, 0) is 36.8 Å². The lowest BCUT2D eigenvalue weighted by atomic mass is 9.94. The number of hydrogen-bond acceptors (Lipinski definition) is 5. The maximum atomic E-state index is 13.3. The number of piperazine rings is 1. The zero-order valence-corrected chi connectivity index (χ0v) is 23.2. The number of ether oxygens (including phenoxy) is 1. The second-order valence-corrected chi connectivity index (χ2v) is 9.91. The summed E-state index contributed by atoms with van der Waals surface area (Å²) in [6, 6.07) is 13.0. The minimum atomic E-state index is -0.777. The molecular formula is C28H31Cl2N5O4. The quantitative estimate of drug-likeness (QED) is 0.346. The molecule has 1 saturated heterocycles. The van der Waals surface area contributed by atoms with Gasteiger partial charge in [0.25, 0.3) is 0 Å². The van der Waals surface area contributed by atoms with Crippen LogP contribution in [0.15, 0.2) is 72.5 Å². The van der Waals surface area contributed by atoms with Crippen molar-refractivity contribution in [3.05, 3.63) is 88.1 Å². The molecule has 11 heteroatoms. The molecule has 1 fully saturated rings. The van der Waals surface area contributed by atoms with Gasteiger partial charge in [0.15, 0.2) is 0 Å². The molecule has 0 radical (unpaired) electrons. The Labute approximate surface area is 238 Å². The topological polar surface area (TPSA) is 94.2 Å². The SMILES string of the molecule is C=CCN1C(=O)NC(c2ccc(Cl)c(Cl)c2)C(C(=O)OCC)=C1CN1CCN(C(=O)Nc2ccccc2)CC1. The van der Waals surface area contributed by atoms with E-state index in [1.54, 1.807) is 36.1 Å². The molecule has 2 aromatic carbocycles. The van der Waals surface area contributed by atoms with Crippen molar-refractivity contribution in [1.29, 1.82) is 0 Å². The molecule has 4 rings (SSSR count). The highest BCUT2D eigenvalue weighted by atomic mass is 35.5. The van der Waals surface area contributed by atoms with Gasteiger partial charge in [-0.25, -0.2) is 14.4 Å². The molecule has 2 heterocycles. The van der Waals surface area contributed by atoms with Gasteiger partial charge in [-0.3, -0.25) is 9.80 Å². The highest BCUT2D eigenvalue weighted by Crippen LogP contribution is 2.35. The van der Waals surface area contributed by atoms with E-state index in [0.29, 0.717) is 59.6 Å². The monoisotopic (exact) mass is 571 g/mol. The van der Waals surface area contributed by atoms with E-state index in [4.69, 9.17) is 27.9 Å². The van der Waals surface area contributed by atoms with Crippen molar-refractivity contribution in [2.75, 3.05) is 51.2 Å². The number of carbonyl (C=O) groups is 3. The number of nitrogens with zero attached hydrogens (tertiary/aromatic N) is 3. The number of anilines is 1. The molecule has 1 unspecified atom stereocenters. The van der Waals surface area contributed by atoms with E-state index in [1.165, 1.54) is 4.90 Å². The summed E-state index contributed by atoms with van der Waals surface area (Å²) >= 11 is 12.4. The van der Waals surface area contributed by atoms with Gasteiger partial charge in [-0.1, -0.05) is 53.5 Å². The third-order valence-electron chi connectivity index (χ3n) is 6.58. The number of carbonyl (C=O) groups excluding carboxylic acids is 3. The number of hydrogen-bond donors (Lipinski definition) is 2. The Morgan fingerprint density at radius 2 is 1.82 bits per heavy atom. The number of para-hydroxylation sites is 1. The van der Waals surface area contributed by atoms with Crippen LogP contribution in [0.3, 0.4) is 0 Å². The normalized spacial score (nSPS) is 18.0. The number of nitrogens with one attached hydrogen (secondary N) is 2. The lowest BCUT2D eigenvalue weighted by Crippen LogP contribution is -2.54. The highest BCUT2D eigenvalue weighted by molar-refractivity contribution is 6.42. The fourth-order valence-electron chi connectivity index (χ4n) is 4.63. The van der Waals surface area contributed by atoms with Gasteiger partial charge < -0.3 is 20.3 Å². The van der Waals surface area contributed by atoms with E-state index in [1.807, 2.05) is 30.3 Å². The number of esters is 1. The summed E-state index contributed by atoms with van der Waals surface area (Å²) < 4.78 is 5.43.